The number of benzene rings is 14. The van der Waals surface area contributed by atoms with Crippen molar-refractivity contribution in [2.45, 2.75) is 0 Å². The number of imidazole rings is 3. The lowest BCUT2D eigenvalue weighted by Gasteiger charge is -2.14. The molecule has 18 heteroatoms. The second kappa shape index (κ2) is 34.8. The molecule has 138 heavy (non-hydrogen) atoms. The summed E-state index contributed by atoms with van der Waals surface area (Å²) in [6, 6.07) is 143. The van der Waals surface area contributed by atoms with E-state index in [9.17, 15) is 0 Å². The van der Waals surface area contributed by atoms with Crippen LogP contribution in [0.1, 0.15) is 0 Å². The Bertz CT molecular complexity index is 8180. The normalized spacial score (nSPS) is 11.5. The second-order valence-corrected chi connectivity index (χ2v) is 33.7. The van der Waals surface area contributed by atoms with Gasteiger partial charge in [0.1, 0.15) is 17.5 Å². The smallest absolute Gasteiger partial charge is 0.238 e. The van der Waals surface area contributed by atoms with E-state index in [1.165, 1.54) is 0 Å². The molecule has 648 valence electrons. The quantitative estimate of drug-likeness (QED) is 0.0947. The second-order valence-electron chi connectivity index (χ2n) is 33.7. The maximum absolute atomic E-state index is 5.41. The minimum absolute atomic E-state index is 0.518. The third kappa shape index (κ3) is 14.5. The Balaban J connectivity index is 0.000000110. The number of nitrogens with zero attached hydrogens (tertiary/aromatic N) is 18. The van der Waals surface area contributed by atoms with Crippen molar-refractivity contribution in [3.63, 3.8) is 0 Å². The molecule has 0 spiro atoms. The predicted octanol–water partition coefficient (Wildman–Crippen LogP) is 27.9. The highest BCUT2D eigenvalue weighted by Gasteiger charge is 2.28. The highest BCUT2D eigenvalue weighted by molar-refractivity contribution is 6.23. The molecule has 0 fully saturated rings. The number of para-hydroxylation sites is 6. The fraction of sp³-hybridized carbons (Fsp3) is 0. The van der Waals surface area contributed by atoms with E-state index < -0.39 is 0 Å². The molecule has 0 aliphatic rings. The van der Waals surface area contributed by atoms with Gasteiger partial charge in [0, 0.05) is 173 Å². The molecule has 0 bridgehead atoms. The third-order valence-corrected chi connectivity index (χ3v) is 25.5. The third-order valence-electron chi connectivity index (χ3n) is 25.5. The SMILES string of the molecule is c1ccc(-c2nc3c4c5ccccc5n(-c5cc(-c6ccccn6)cc(-c6ccccn6)c5)c4ccc3n2-c2ccccc2)cc1.c1ccc(-c2nc3c4c5ccccc5n(-c5cc(-c6cccnc6)cc(-c6cccnc6)c5)c4ccc3n2-c2ccccc2)cc1.c1ccc(-c2nc3c4c5ccccc5n(-c5nc(-c6ccncc6)nc(-c6ccncc6)n5)c4ccc3n2-c2ccccc2)cc1. The summed E-state index contributed by atoms with van der Waals surface area (Å²) >= 11 is 0. The van der Waals surface area contributed by atoms with Gasteiger partial charge in [-0.1, -0.05) is 224 Å². The van der Waals surface area contributed by atoms with Gasteiger partial charge < -0.3 is 9.13 Å². The molecule has 0 radical (unpaired) electrons. The van der Waals surface area contributed by atoms with Gasteiger partial charge in [-0.25, -0.2) is 19.9 Å². The first-order chi connectivity index (χ1) is 68.5. The Labute approximate surface area is 791 Å². The van der Waals surface area contributed by atoms with Gasteiger partial charge in [0.2, 0.25) is 5.95 Å². The van der Waals surface area contributed by atoms with Gasteiger partial charge in [-0.3, -0.25) is 48.2 Å². The van der Waals surface area contributed by atoms with E-state index in [0.29, 0.717) is 17.6 Å². The van der Waals surface area contributed by atoms with Crippen LogP contribution in [-0.2, 0) is 0 Å². The van der Waals surface area contributed by atoms with Crippen LogP contribution in [0.15, 0.2) is 474 Å². The molecule has 27 rings (SSSR count). The van der Waals surface area contributed by atoms with Crippen LogP contribution in [0.25, 0.3) is 235 Å². The lowest BCUT2D eigenvalue weighted by atomic mass is 9.99. The van der Waals surface area contributed by atoms with Gasteiger partial charge in [-0.15, -0.1) is 0 Å². The fourth-order valence-electron chi connectivity index (χ4n) is 19.4. The number of fused-ring (bicyclic) bond motifs is 15. The van der Waals surface area contributed by atoms with E-state index in [1.54, 1.807) is 24.8 Å². The summed E-state index contributed by atoms with van der Waals surface area (Å²) in [5.41, 5.74) is 30.8. The fourth-order valence-corrected chi connectivity index (χ4v) is 19.4. The van der Waals surface area contributed by atoms with Gasteiger partial charge in [-0.2, -0.15) is 9.97 Å². The Morgan fingerprint density at radius 1 is 0.167 bits per heavy atom. The van der Waals surface area contributed by atoms with Crippen LogP contribution in [0.2, 0.25) is 0 Å². The predicted molar refractivity (Wildman–Crippen MR) is 555 cm³/mol. The molecular formula is C120H78N18. The summed E-state index contributed by atoms with van der Waals surface area (Å²) in [4.78, 5) is 57.8. The van der Waals surface area contributed by atoms with E-state index >= 15 is 0 Å². The summed E-state index contributed by atoms with van der Waals surface area (Å²) in [5.74, 6) is 4.36. The lowest BCUT2D eigenvalue weighted by molar-refractivity contribution is 0.952. The zero-order chi connectivity index (χ0) is 91.4. The Kier molecular flexibility index (Phi) is 20.4. The summed E-state index contributed by atoms with van der Waals surface area (Å²) in [7, 11) is 0. The molecule has 0 saturated heterocycles. The van der Waals surface area contributed by atoms with E-state index in [0.717, 1.165) is 217 Å². The first-order valence-corrected chi connectivity index (χ1v) is 45.7. The first-order valence-electron chi connectivity index (χ1n) is 45.7. The molecule has 0 aliphatic carbocycles. The average Bonchev–Trinajstić information content (AvgIpc) is 1.56. The number of rotatable bonds is 15. The minimum Gasteiger partial charge on any atom is -0.309 e. The van der Waals surface area contributed by atoms with Crippen LogP contribution in [0.5, 0.6) is 0 Å². The van der Waals surface area contributed by atoms with Crippen LogP contribution in [-0.4, -0.2) is 87.2 Å². The lowest BCUT2D eigenvalue weighted by Crippen LogP contribution is -2.06. The molecule has 0 saturated carbocycles. The number of hydrogen-bond donors (Lipinski definition) is 0. The Hall–Kier alpha value is -19.2. The van der Waals surface area contributed by atoms with E-state index in [2.05, 4.69) is 357 Å². The molecule has 0 N–H and O–H groups in total. The zero-order valence-corrected chi connectivity index (χ0v) is 74.1. The molecule has 0 aliphatic heterocycles. The van der Waals surface area contributed by atoms with Crippen molar-refractivity contribution in [1.82, 2.24) is 87.2 Å². The van der Waals surface area contributed by atoms with Crippen LogP contribution >= 0.6 is 0 Å². The van der Waals surface area contributed by atoms with Crippen LogP contribution in [0.3, 0.4) is 0 Å². The summed E-state index contributed by atoms with van der Waals surface area (Å²) in [6.45, 7) is 0. The van der Waals surface area contributed by atoms with Crippen LogP contribution in [0, 0.1) is 0 Å². The van der Waals surface area contributed by atoms with Crippen molar-refractivity contribution in [1.29, 1.82) is 0 Å². The van der Waals surface area contributed by atoms with Crippen molar-refractivity contribution in [2.24, 2.45) is 0 Å². The first kappa shape index (κ1) is 80.8. The van der Waals surface area contributed by atoms with Crippen molar-refractivity contribution in [3.8, 4) is 136 Å². The topological polar surface area (TPSA) is 184 Å². The van der Waals surface area contributed by atoms with Crippen molar-refractivity contribution >= 4 is 98.5 Å². The molecule has 13 heterocycles. The highest BCUT2D eigenvalue weighted by Crippen LogP contribution is 2.46. The van der Waals surface area contributed by atoms with E-state index in [4.69, 9.17) is 39.9 Å². The summed E-state index contributed by atoms with van der Waals surface area (Å²) < 4.78 is 13.6. The van der Waals surface area contributed by atoms with Gasteiger partial charge >= 0.3 is 0 Å². The van der Waals surface area contributed by atoms with E-state index in [-0.39, 0.29) is 0 Å². The summed E-state index contributed by atoms with van der Waals surface area (Å²) in [5, 5.41) is 6.68. The highest BCUT2D eigenvalue weighted by atomic mass is 15.2. The molecular weight excluding hydrogens is 1690 g/mol. The zero-order valence-electron chi connectivity index (χ0n) is 74.1. The van der Waals surface area contributed by atoms with Crippen molar-refractivity contribution < 1.29 is 0 Å². The van der Waals surface area contributed by atoms with Crippen LogP contribution in [0.4, 0.5) is 0 Å². The van der Waals surface area contributed by atoms with Crippen molar-refractivity contribution in [3.05, 3.63) is 474 Å². The van der Waals surface area contributed by atoms with Gasteiger partial charge in [0.05, 0.1) is 77.6 Å². The molecule has 27 aromatic rings. The van der Waals surface area contributed by atoms with Gasteiger partial charge in [-0.05, 0) is 199 Å². The number of hydrogen-bond acceptors (Lipinski definition) is 12. The molecule has 13 aromatic heterocycles. The molecule has 0 amide bonds. The van der Waals surface area contributed by atoms with Gasteiger partial charge in [0.15, 0.2) is 11.6 Å². The maximum Gasteiger partial charge on any atom is 0.238 e. The Morgan fingerprint density at radius 2 is 0.478 bits per heavy atom. The van der Waals surface area contributed by atoms with Crippen molar-refractivity contribution in [2.75, 3.05) is 0 Å². The van der Waals surface area contributed by atoms with E-state index in [1.807, 2.05) is 140 Å². The molecule has 0 atom stereocenters. The molecule has 0 unspecified atom stereocenters. The minimum atomic E-state index is 0.518. The number of aromatic nitrogens is 18. The maximum atomic E-state index is 5.41. The molecule has 18 nitrogen and oxygen atoms in total. The summed E-state index contributed by atoms with van der Waals surface area (Å²) in [6.07, 6.45) is 18.1. The standard InChI is InChI=1S/2C41H27N5.C38H24N8/c1-3-13-28(14-4-1)41-44-40-38(46(41)31-15-5-2-6-16-31)22-21-37-39(40)33-17-7-8-20-36(33)45(37)32-26-29(34-18-9-11-23-42-34)25-30(27-32)35-19-10-12-24-43-35;1-3-11-28(12-4-1)41-44-40-38(46(41)33-15-5-2-6-16-33)20-19-37-39(40)35-17-7-8-18-36(35)45(37)34-24-31(29-13-9-21-42-26-29)23-32(25-34)30-14-10-22-43-27-30;1-3-9-27(10-4-1)37-41-34-32(45(37)28-11-5-2-6-12-28)16-15-31-33(34)29-13-7-8-14-30(29)46(31)38-43-35(25-17-21-39-22-18-25)42-36(44-38)26-19-23-40-24-20-26/h2*1-27H;1-24H. The average molecular weight is 1770 g/mol. The largest absolute Gasteiger partial charge is 0.309 e. The van der Waals surface area contributed by atoms with Crippen LogP contribution < -0.4 is 0 Å². The Morgan fingerprint density at radius 3 is 0.833 bits per heavy atom. The molecule has 14 aromatic carbocycles. The monoisotopic (exact) mass is 1770 g/mol. The number of pyridine rings is 6. The van der Waals surface area contributed by atoms with Gasteiger partial charge in [0.25, 0.3) is 0 Å².